The number of rotatable bonds is 66. The number of amides is 14. The van der Waals surface area contributed by atoms with E-state index in [1.54, 1.807) is 67.0 Å². The third kappa shape index (κ3) is 45.3. The molecule has 0 unspecified atom stereocenters. The molecule has 3 atom stereocenters. The summed E-state index contributed by atoms with van der Waals surface area (Å²) in [5.74, 6) is -6.42. The van der Waals surface area contributed by atoms with Gasteiger partial charge in [-0.15, -0.1) is 5.10 Å². The molecule has 0 spiro atoms. The van der Waals surface area contributed by atoms with Crippen molar-refractivity contribution in [3.63, 3.8) is 0 Å². The van der Waals surface area contributed by atoms with Crippen LogP contribution in [-0.4, -0.2) is 260 Å². The molecule has 1 fully saturated rings. The van der Waals surface area contributed by atoms with E-state index >= 15 is 0 Å². The van der Waals surface area contributed by atoms with Gasteiger partial charge in [0, 0.05) is 127 Å². The van der Waals surface area contributed by atoms with Gasteiger partial charge >= 0.3 is 33.3 Å². The molecule has 720 valence electrons. The normalized spacial score (nSPS) is 13.2. The minimum absolute atomic E-state index is 0.00617. The predicted octanol–water partition coefficient (Wildman–Crippen LogP) is 1.83. The smallest absolute Gasteiger partial charge is 0.407 e. The maximum absolute atomic E-state index is 14.5. The van der Waals surface area contributed by atoms with Crippen molar-refractivity contribution in [2.45, 2.75) is 209 Å². The predicted molar refractivity (Wildman–Crippen MR) is 470 cm³/mol. The first-order valence-corrected chi connectivity index (χ1v) is 46.5. The largest absolute Gasteiger partial charge is 0.481 e. The second-order valence-electron chi connectivity index (χ2n) is 30.6. The minimum Gasteiger partial charge on any atom is -0.481 e. The Labute approximate surface area is 752 Å². The number of nitrogens with one attached hydrogen (secondary N) is 13. The lowest BCUT2D eigenvalue weighted by molar-refractivity contribution is -0.138. The number of benzene rings is 2. The van der Waals surface area contributed by atoms with Crippen LogP contribution in [-0.2, 0) is 110 Å². The SMILES string of the molecule is Cc1ccccc1NC(=O)Nc1ccc(CC(=O)N[C@@H](CCCCNC(=O)/C=C/c2cccnc2)C(=O)N[C@@H](CCCCC(=O)O)C(=O)NC2(C(=O)NCCOCCOCCNC(=O)CCC(=O)NCCOCCOCCNC(=O)CCC(=O)N[C@@H](CCCCNC(=O)CCCCn3cc(COC(=O)NCCCC(O)(P(=O)(O)O)P(=O)(O)O)nn3)C(N)=O)CCCCC2)cc1. The van der Waals surface area contributed by atoms with E-state index in [2.05, 4.69) is 84.4 Å². The van der Waals surface area contributed by atoms with Crippen molar-refractivity contribution in [3.05, 3.63) is 108 Å². The molecule has 0 saturated heterocycles. The Morgan fingerprint density at radius 1 is 0.546 bits per heavy atom. The summed E-state index contributed by atoms with van der Waals surface area (Å²) in [4.78, 5) is 221. The van der Waals surface area contributed by atoms with Crippen LogP contribution in [0.5, 0.6) is 0 Å². The maximum atomic E-state index is 14.5. The third-order valence-electron chi connectivity index (χ3n) is 20.2. The van der Waals surface area contributed by atoms with Gasteiger partial charge in [0.15, 0.2) is 0 Å². The van der Waals surface area contributed by atoms with E-state index in [1.165, 1.54) is 17.0 Å². The van der Waals surface area contributed by atoms with Crippen molar-refractivity contribution in [2.75, 3.05) is 109 Å². The first kappa shape index (κ1) is 109. The van der Waals surface area contributed by atoms with E-state index in [0.717, 1.165) is 17.5 Å². The van der Waals surface area contributed by atoms with Crippen LogP contribution < -0.4 is 74.9 Å². The molecule has 0 bridgehead atoms. The number of para-hydroxylation sites is 1. The van der Waals surface area contributed by atoms with Crippen LogP contribution in [0, 0.1) is 6.92 Å². The molecule has 21 N–H and O–H groups in total. The lowest BCUT2D eigenvalue weighted by Crippen LogP contribution is -2.63. The Morgan fingerprint density at radius 3 is 1.65 bits per heavy atom. The highest BCUT2D eigenvalue weighted by molar-refractivity contribution is 7.72. The molecule has 2 aromatic heterocycles. The first-order chi connectivity index (χ1) is 62.1. The van der Waals surface area contributed by atoms with E-state index in [4.69, 9.17) is 29.4 Å². The van der Waals surface area contributed by atoms with Crippen LogP contribution in [0.25, 0.3) is 6.08 Å². The average Bonchev–Trinajstić information content (AvgIpc) is 0.837. The number of aryl methyl sites for hydroxylation is 2. The zero-order valence-electron chi connectivity index (χ0n) is 73.1. The summed E-state index contributed by atoms with van der Waals surface area (Å²) >= 11 is 0. The van der Waals surface area contributed by atoms with Gasteiger partial charge in [0.2, 0.25) is 65.0 Å². The van der Waals surface area contributed by atoms with Crippen molar-refractivity contribution in [3.8, 4) is 0 Å². The van der Waals surface area contributed by atoms with Gasteiger partial charge in [-0.2, -0.15) is 0 Å². The summed E-state index contributed by atoms with van der Waals surface area (Å²) < 4.78 is 51.6. The lowest BCUT2D eigenvalue weighted by atomic mass is 9.80. The van der Waals surface area contributed by atoms with E-state index in [0.29, 0.717) is 94.2 Å². The van der Waals surface area contributed by atoms with Gasteiger partial charge in [-0.25, -0.2) is 9.59 Å². The fraction of sp³-hybridized carbons (Fsp3) is 0.578. The summed E-state index contributed by atoms with van der Waals surface area (Å²) in [6.45, 7) is 3.87. The number of carboxylic acid groups (broad SMARTS) is 1. The number of urea groups is 1. The van der Waals surface area contributed by atoms with Crippen molar-refractivity contribution < 1.29 is 130 Å². The summed E-state index contributed by atoms with van der Waals surface area (Å²) in [5.41, 5.74) is 7.69. The standard InChI is InChI=1S/C83H126N18O27P2/c1-59-17-3-4-19-64(59)97-80(115)93-62-28-25-60(26-29-62)55-74(108)95-66(22-8-13-40-87-69(103)30-27-61-18-15-38-85-56-61)77(112)96-67(21-5-6-24-75(109)110)78(113)98-82(35-10-2-11-36-82)79(114)91-45-50-127-54-53-126-48-43-89-71(105)32-31-70(104)88-42-47-124-51-52-125-49-44-90-72(106)33-34-73(107)94-65(76(84)111)20-7-12-39-86-68(102)23-9-14-46-101-57-63(99-100-101)58-128-81(116)92-41-16-37-83(117,129(118,119)120)130(121,122)123/h3-4,15,17-19,25-30,38,56-57,65-67,117H,2,5-14,16,20-24,31-37,39-55,58H2,1H3,(H2,84,111)(H,86,102)(H,87,103)(H,88,104)(H,89,105)(H,90,106)(H,91,114)(H,92,116)(H,94,107)(H,95,108)(H,96,112)(H,98,113)(H,109,110)(H2,93,97,115)(H2,118,119,120)(H2,121,122,123)/b30-27+/t65-,66-,67-/m0/s1. The number of carboxylic acids is 1. The van der Waals surface area contributed by atoms with Crippen LogP contribution in [0.2, 0.25) is 0 Å². The molecule has 47 heteroatoms. The number of alkyl carbamates (subject to hydrolysis) is 1. The lowest BCUT2D eigenvalue weighted by Gasteiger charge is -2.38. The quantitative estimate of drug-likeness (QED) is 0.0170. The molecule has 2 aromatic carbocycles. The van der Waals surface area contributed by atoms with Gasteiger partial charge in [-0.1, -0.05) is 67.3 Å². The van der Waals surface area contributed by atoms with Crippen LogP contribution >= 0.6 is 15.2 Å². The van der Waals surface area contributed by atoms with E-state index in [-0.39, 0.29) is 205 Å². The average molecular weight is 1870 g/mol. The Balaban J connectivity index is 0.877. The van der Waals surface area contributed by atoms with Gasteiger partial charge in [0.1, 0.15) is 36.0 Å². The van der Waals surface area contributed by atoms with E-state index in [9.17, 15) is 106 Å². The van der Waals surface area contributed by atoms with E-state index in [1.807, 2.05) is 19.1 Å². The number of unbranched alkanes of at least 4 members (excludes halogenated alkanes) is 4. The Hall–Kier alpha value is -11.2. The second-order valence-corrected chi connectivity index (χ2v) is 34.7. The van der Waals surface area contributed by atoms with Crippen molar-refractivity contribution in [1.82, 2.24) is 78.5 Å². The number of aliphatic hydroxyl groups is 1. The minimum atomic E-state index is -5.63. The number of nitrogens with two attached hydrogens (primary N) is 1. The topological polar surface area (TPSA) is 667 Å². The molecule has 1 aliphatic rings. The molecule has 1 aliphatic carbocycles. The molecule has 45 nitrogen and oxygen atoms in total. The molecule has 1 saturated carbocycles. The number of hydrogen-bond acceptors (Lipinski definition) is 25. The highest BCUT2D eigenvalue weighted by atomic mass is 31.2. The summed E-state index contributed by atoms with van der Waals surface area (Å²) in [7, 11) is -11.3. The second kappa shape index (κ2) is 60.6. The molecule has 2 heterocycles. The first-order valence-electron chi connectivity index (χ1n) is 43.2. The molecule has 4 aromatic rings. The van der Waals surface area contributed by atoms with E-state index < -0.39 is 116 Å². The maximum Gasteiger partial charge on any atom is 0.407 e. The molecule has 130 heavy (non-hydrogen) atoms. The van der Waals surface area contributed by atoms with Gasteiger partial charge < -0.3 is 128 Å². The van der Waals surface area contributed by atoms with Crippen molar-refractivity contribution in [2.24, 2.45) is 5.73 Å². The number of ether oxygens (including phenoxy) is 5. The van der Waals surface area contributed by atoms with Gasteiger partial charge in [-0.3, -0.25) is 76.3 Å². The number of carbonyl (C=O) groups excluding carboxylic acids is 13. The molecule has 0 radical (unpaired) electrons. The Morgan fingerprint density at radius 2 is 1.08 bits per heavy atom. The number of pyridine rings is 1. The summed E-state index contributed by atoms with van der Waals surface area (Å²) in [5, 5.41) is 58.9. The van der Waals surface area contributed by atoms with Crippen molar-refractivity contribution >= 4 is 116 Å². The number of anilines is 2. The highest BCUT2D eigenvalue weighted by Gasteiger charge is 2.58. The van der Waals surface area contributed by atoms with Gasteiger partial charge in [-0.05, 0) is 137 Å². The number of hydrogen-bond donors (Lipinski definition) is 20. The monoisotopic (exact) mass is 1870 g/mol. The number of nitrogens with zero attached hydrogens (tertiary/aromatic N) is 4. The van der Waals surface area contributed by atoms with Crippen molar-refractivity contribution in [1.29, 1.82) is 0 Å². The molecular weight excluding hydrogens is 1740 g/mol. The fourth-order valence-corrected chi connectivity index (χ4v) is 15.2. The number of aromatic nitrogens is 4. The van der Waals surface area contributed by atoms with Crippen LogP contribution in [0.4, 0.5) is 21.0 Å². The van der Waals surface area contributed by atoms with Crippen LogP contribution in [0.1, 0.15) is 176 Å². The summed E-state index contributed by atoms with van der Waals surface area (Å²) in [6, 6.07) is 13.5. The number of primary amides is 1. The number of carbonyl (C=O) groups is 14. The van der Waals surface area contributed by atoms with Crippen LogP contribution in [0.3, 0.4) is 0 Å². The van der Waals surface area contributed by atoms with Gasteiger partial charge in [0.05, 0.1) is 65.5 Å². The number of aliphatic carboxylic acids is 1. The highest BCUT2D eigenvalue weighted by Crippen LogP contribution is 2.69. The zero-order valence-corrected chi connectivity index (χ0v) is 74.9. The summed E-state index contributed by atoms with van der Waals surface area (Å²) in [6.07, 6.45) is 10.6. The third-order valence-corrected chi connectivity index (χ3v) is 24.0. The van der Waals surface area contributed by atoms with Crippen LogP contribution in [0.15, 0.2) is 85.3 Å². The Bertz CT molecular complexity index is 4360. The van der Waals surface area contributed by atoms with Gasteiger partial charge in [0.25, 0.3) is 5.08 Å². The molecular formula is C83H126N18O27P2. The molecule has 5 rings (SSSR count). The Kier molecular flexibility index (Phi) is 50.9. The fourth-order valence-electron chi connectivity index (χ4n) is 13.0. The molecule has 0 aliphatic heterocycles. The molecule has 14 amide bonds. The zero-order chi connectivity index (χ0) is 95.0.